The van der Waals surface area contributed by atoms with Crippen LogP contribution in [0.15, 0.2) is 235 Å². The molecule has 0 unspecified atom stereocenters. The van der Waals surface area contributed by atoms with E-state index in [0.29, 0.717) is 17.0 Å². The van der Waals surface area contributed by atoms with Crippen LogP contribution in [0.1, 0.15) is 49.3 Å². The number of nitrogens with zero attached hydrogens (tertiary/aromatic N) is 8. The highest BCUT2D eigenvalue weighted by molar-refractivity contribution is 6.20. The molecule has 10 aromatic rings. The number of benzene rings is 9. The van der Waals surface area contributed by atoms with Gasteiger partial charge in [0.05, 0.1) is 40.9 Å². The van der Waals surface area contributed by atoms with E-state index in [2.05, 4.69) is 99.8 Å². The monoisotopic (exact) mass is 1070 g/mol. The van der Waals surface area contributed by atoms with E-state index < -0.39 is 5.91 Å². The average molecular weight is 1070 g/mol. The molecule has 0 aliphatic rings. The SMILES string of the molecule is CN=Nc1ccc(C=CC=Cc2ccc(N=NC)cc2)cc1.CN=Nc1ccc(C=Cc2ccc(C=Cc3ccc(N=NC)cc3)cc2)cc1.COc1ccc(NC(=O)c2cc3ccc4c5cc(F)ccc5[nH]c4c3c(C)c2O)cc1. The first-order chi connectivity index (χ1) is 39.5. The molecular weight excluding hydrogens is 1010 g/mol. The van der Waals surface area contributed by atoms with Crippen LogP contribution in [0, 0.1) is 12.7 Å². The number of aryl methyl sites for hydroxylation is 1. The van der Waals surface area contributed by atoms with Crippen LogP contribution in [0.25, 0.3) is 69.0 Å². The maximum Gasteiger partial charge on any atom is 0.259 e. The van der Waals surface area contributed by atoms with Crippen LogP contribution < -0.4 is 10.1 Å². The van der Waals surface area contributed by atoms with Crippen molar-refractivity contribution in [1.29, 1.82) is 0 Å². The van der Waals surface area contributed by atoms with Crippen molar-refractivity contribution >= 4 is 103 Å². The molecule has 0 atom stereocenters. The zero-order valence-electron chi connectivity index (χ0n) is 45.7. The molecule has 0 spiro atoms. The van der Waals surface area contributed by atoms with E-state index in [1.54, 1.807) is 78.6 Å². The Bertz CT molecular complexity index is 3850. The predicted octanol–water partition coefficient (Wildman–Crippen LogP) is 19.2. The molecule has 402 valence electrons. The number of hydrogen-bond donors (Lipinski definition) is 3. The zero-order valence-corrected chi connectivity index (χ0v) is 45.7. The summed E-state index contributed by atoms with van der Waals surface area (Å²) in [5, 5.41) is 47.9. The molecule has 0 saturated heterocycles. The standard InChI is InChI=1S/C25H19FN2O3.C24H22N4.C18H18N4/c1-13-22-14(3-9-18-19-12-15(26)4-10-21(19)28-23(18)22)11-20(24(13)29)25(30)27-16-5-7-17(31-2)8-6-16;1-25-27-23-15-11-21(12-16-23)9-7-19-3-5-20(6-4-19)8-10-22-13-17-24(18-14-22)28-26-2;1-19-21-17-11-7-15(8-12-17)5-3-4-6-16-9-13-18(14-10-16)22-20-2/h3-12,28-29H,1-2H3,(H,27,30);3-18H,1-2H3;3-14H,1-2H3. The lowest BCUT2D eigenvalue weighted by atomic mass is 9.97. The lowest BCUT2D eigenvalue weighted by Gasteiger charge is -2.12. The van der Waals surface area contributed by atoms with E-state index in [1.165, 1.54) is 12.1 Å². The second-order valence-corrected chi connectivity index (χ2v) is 18.1. The summed E-state index contributed by atoms with van der Waals surface area (Å²) in [5.74, 6) is -0.120. The average Bonchev–Trinajstić information content (AvgIpc) is 3.88. The number of amides is 1. The normalized spacial score (nSPS) is 11.8. The number of hydrogen-bond acceptors (Lipinski definition) is 11. The van der Waals surface area contributed by atoms with Crippen molar-refractivity contribution in [2.45, 2.75) is 6.92 Å². The predicted molar refractivity (Wildman–Crippen MR) is 331 cm³/mol. The second-order valence-electron chi connectivity index (χ2n) is 18.1. The van der Waals surface area contributed by atoms with Crippen molar-refractivity contribution in [1.82, 2.24) is 4.98 Å². The fourth-order valence-electron chi connectivity index (χ4n) is 8.58. The Labute approximate surface area is 469 Å². The van der Waals surface area contributed by atoms with Crippen molar-refractivity contribution in [2.24, 2.45) is 40.9 Å². The summed E-state index contributed by atoms with van der Waals surface area (Å²) in [5.41, 5.74) is 13.2. The van der Waals surface area contributed by atoms with Gasteiger partial charge in [0, 0.05) is 61.1 Å². The third kappa shape index (κ3) is 15.5. The third-order valence-electron chi connectivity index (χ3n) is 12.6. The number of halogens is 1. The number of H-pyrrole nitrogens is 1. The summed E-state index contributed by atoms with van der Waals surface area (Å²) in [6, 6.07) is 57.2. The number of phenolic OH excluding ortho intramolecular Hbond substituents is 1. The van der Waals surface area contributed by atoms with Crippen LogP contribution in [0.3, 0.4) is 0 Å². The van der Waals surface area contributed by atoms with E-state index >= 15 is 0 Å². The van der Waals surface area contributed by atoms with Crippen LogP contribution in [0.2, 0.25) is 0 Å². The van der Waals surface area contributed by atoms with E-state index in [4.69, 9.17) is 4.74 Å². The molecular formula is C67H59FN10O3. The molecule has 0 fully saturated rings. The molecule has 14 heteroatoms. The van der Waals surface area contributed by atoms with Gasteiger partial charge in [0.25, 0.3) is 5.91 Å². The minimum Gasteiger partial charge on any atom is -0.507 e. The number of aromatic nitrogens is 1. The number of allylic oxidation sites excluding steroid dienone is 2. The fraction of sp³-hybridized carbons (Fsp3) is 0.0896. The molecule has 0 radical (unpaired) electrons. The maximum absolute atomic E-state index is 13.8. The number of rotatable bonds is 14. The molecule has 0 aliphatic heterocycles. The lowest BCUT2D eigenvalue weighted by molar-refractivity contribution is 0.102. The lowest BCUT2D eigenvalue weighted by Crippen LogP contribution is -2.12. The van der Waals surface area contributed by atoms with E-state index in [0.717, 1.165) is 88.7 Å². The van der Waals surface area contributed by atoms with Gasteiger partial charge in [0.15, 0.2) is 0 Å². The number of anilines is 1. The number of nitrogens with one attached hydrogen (secondary N) is 2. The summed E-state index contributed by atoms with van der Waals surface area (Å²) in [6.07, 6.45) is 16.5. The highest BCUT2D eigenvalue weighted by atomic mass is 19.1. The number of azo groups is 4. The van der Waals surface area contributed by atoms with Crippen LogP contribution in [-0.4, -0.2) is 51.3 Å². The first-order valence-corrected chi connectivity index (χ1v) is 25.8. The minimum atomic E-state index is -0.411. The molecule has 10 rings (SSSR count). The topological polar surface area (TPSA) is 173 Å². The summed E-state index contributed by atoms with van der Waals surface area (Å²) >= 11 is 0. The molecule has 0 aliphatic carbocycles. The molecule has 13 nitrogen and oxygen atoms in total. The first-order valence-electron chi connectivity index (χ1n) is 25.8. The smallest absolute Gasteiger partial charge is 0.259 e. The van der Waals surface area contributed by atoms with Gasteiger partial charge in [-0.2, -0.15) is 40.9 Å². The van der Waals surface area contributed by atoms with Crippen molar-refractivity contribution in [2.75, 3.05) is 40.6 Å². The number of carbonyl (C=O) groups excluding carboxylic acids is 1. The zero-order chi connectivity index (χ0) is 56.9. The van der Waals surface area contributed by atoms with Gasteiger partial charge in [-0.25, -0.2) is 4.39 Å². The molecule has 9 aromatic carbocycles. The van der Waals surface area contributed by atoms with Crippen molar-refractivity contribution in [3.05, 3.63) is 244 Å². The summed E-state index contributed by atoms with van der Waals surface area (Å²) in [6.45, 7) is 1.77. The molecule has 1 aromatic heterocycles. The Morgan fingerprint density at radius 1 is 0.506 bits per heavy atom. The van der Waals surface area contributed by atoms with E-state index in [1.807, 2.05) is 133 Å². The highest BCUT2D eigenvalue weighted by Gasteiger charge is 2.19. The molecule has 81 heavy (non-hydrogen) atoms. The van der Waals surface area contributed by atoms with Gasteiger partial charge in [0.1, 0.15) is 17.3 Å². The highest BCUT2D eigenvalue weighted by Crippen LogP contribution is 2.38. The fourth-order valence-corrected chi connectivity index (χ4v) is 8.58. The largest absolute Gasteiger partial charge is 0.507 e. The number of aromatic hydroxyl groups is 1. The number of carbonyl (C=O) groups is 1. The third-order valence-corrected chi connectivity index (χ3v) is 12.6. The van der Waals surface area contributed by atoms with Crippen LogP contribution in [0.5, 0.6) is 11.5 Å². The van der Waals surface area contributed by atoms with Crippen LogP contribution in [-0.2, 0) is 0 Å². The summed E-state index contributed by atoms with van der Waals surface area (Å²) < 4.78 is 18.9. The first kappa shape index (κ1) is 56.6. The summed E-state index contributed by atoms with van der Waals surface area (Å²) in [4.78, 5) is 16.2. The maximum atomic E-state index is 13.8. The van der Waals surface area contributed by atoms with Gasteiger partial charge < -0.3 is 20.1 Å². The molecule has 1 amide bonds. The Kier molecular flexibility index (Phi) is 19.7. The Morgan fingerprint density at radius 3 is 1.32 bits per heavy atom. The van der Waals surface area contributed by atoms with Crippen molar-refractivity contribution < 1.29 is 19.0 Å². The molecule has 0 saturated carbocycles. The van der Waals surface area contributed by atoms with Gasteiger partial charge in [0.2, 0.25) is 0 Å². The van der Waals surface area contributed by atoms with Gasteiger partial charge in [-0.05, 0) is 143 Å². The summed E-state index contributed by atoms with van der Waals surface area (Å²) in [7, 11) is 8.24. The quantitative estimate of drug-likeness (QED) is 0.0560. The number of fused-ring (bicyclic) bond motifs is 5. The second kappa shape index (κ2) is 28.1. The molecule has 0 bridgehead atoms. The number of ether oxygens (including phenoxy) is 1. The van der Waals surface area contributed by atoms with E-state index in [9.17, 15) is 14.3 Å². The number of phenols is 1. The van der Waals surface area contributed by atoms with Crippen LogP contribution >= 0.6 is 0 Å². The number of aromatic amines is 1. The van der Waals surface area contributed by atoms with Gasteiger partial charge in [-0.1, -0.05) is 134 Å². The number of methoxy groups -OCH3 is 1. The van der Waals surface area contributed by atoms with Gasteiger partial charge >= 0.3 is 0 Å². The van der Waals surface area contributed by atoms with Gasteiger partial charge in [-0.3, -0.25) is 4.79 Å². The van der Waals surface area contributed by atoms with Crippen LogP contribution in [0.4, 0.5) is 32.8 Å². The van der Waals surface area contributed by atoms with Gasteiger partial charge in [-0.15, -0.1) is 0 Å². The van der Waals surface area contributed by atoms with Crippen molar-refractivity contribution in [3.8, 4) is 11.5 Å². The molecule has 3 N–H and O–H groups in total. The minimum absolute atomic E-state index is 0.0872. The van der Waals surface area contributed by atoms with E-state index in [-0.39, 0.29) is 17.1 Å². The van der Waals surface area contributed by atoms with Crippen molar-refractivity contribution in [3.63, 3.8) is 0 Å². The Hall–Kier alpha value is -10.6. The molecule has 1 heterocycles. The Morgan fingerprint density at radius 2 is 0.914 bits per heavy atom. The Balaban J connectivity index is 0.000000162.